The van der Waals surface area contributed by atoms with E-state index < -0.39 is 5.97 Å². The van der Waals surface area contributed by atoms with Crippen LogP contribution in [0.5, 0.6) is 0 Å². The third-order valence-electron chi connectivity index (χ3n) is 5.01. The van der Waals surface area contributed by atoms with Crippen LogP contribution in [-0.4, -0.2) is 29.1 Å². The lowest BCUT2D eigenvalue weighted by molar-refractivity contribution is 0.0697. The fourth-order valence-corrected chi connectivity index (χ4v) is 3.40. The summed E-state index contributed by atoms with van der Waals surface area (Å²) in [6.45, 7) is 10.3. The number of nitrogens with zero attached hydrogens (tertiary/aromatic N) is 1. The molecule has 1 aliphatic rings. The Morgan fingerprint density at radius 3 is 2.59 bits per heavy atom. The first-order valence-corrected chi connectivity index (χ1v) is 8.44. The van der Waals surface area contributed by atoms with Gasteiger partial charge >= 0.3 is 5.97 Å². The molecule has 1 N–H and O–H groups in total. The molecule has 0 saturated carbocycles. The van der Waals surface area contributed by atoms with Gasteiger partial charge in [-0.05, 0) is 54.8 Å². The Bertz CT molecular complexity index is 493. The molecule has 122 valence electrons. The van der Waals surface area contributed by atoms with Crippen LogP contribution in [0.3, 0.4) is 0 Å². The van der Waals surface area contributed by atoms with Crippen molar-refractivity contribution in [1.29, 1.82) is 0 Å². The normalized spacial score (nSPS) is 20.0. The third kappa shape index (κ3) is 4.84. The number of carboxylic acids is 1. The summed E-state index contributed by atoms with van der Waals surface area (Å²) in [5.74, 6) is -0.0617. The highest BCUT2D eigenvalue weighted by atomic mass is 16.4. The second-order valence-electron chi connectivity index (χ2n) is 7.47. The highest BCUT2D eigenvalue weighted by molar-refractivity contribution is 5.87. The maximum Gasteiger partial charge on any atom is 0.335 e. The first kappa shape index (κ1) is 17.0. The monoisotopic (exact) mass is 303 g/mol. The van der Waals surface area contributed by atoms with Crippen LogP contribution in [0.2, 0.25) is 0 Å². The molecule has 22 heavy (non-hydrogen) atoms. The van der Waals surface area contributed by atoms with E-state index in [1.807, 2.05) is 12.1 Å². The van der Waals surface area contributed by atoms with Gasteiger partial charge < -0.3 is 5.11 Å². The predicted molar refractivity (Wildman–Crippen MR) is 90.1 cm³/mol. The summed E-state index contributed by atoms with van der Waals surface area (Å²) in [4.78, 5) is 13.4. The van der Waals surface area contributed by atoms with Gasteiger partial charge in [-0.3, -0.25) is 4.90 Å². The number of piperidine rings is 1. The van der Waals surface area contributed by atoms with Gasteiger partial charge in [0.05, 0.1) is 5.56 Å². The number of hydrogen-bond acceptors (Lipinski definition) is 2. The summed E-state index contributed by atoms with van der Waals surface area (Å²) >= 11 is 0. The van der Waals surface area contributed by atoms with Crippen molar-refractivity contribution in [3.05, 3.63) is 35.4 Å². The van der Waals surface area contributed by atoms with Crippen molar-refractivity contribution in [2.75, 3.05) is 13.1 Å². The van der Waals surface area contributed by atoms with E-state index in [0.717, 1.165) is 19.0 Å². The van der Waals surface area contributed by atoms with E-state index in [9.17, 15) is 4.79 Å². The number of aromatic carboxylic acids is 1. The third-order valence-corrected chi connectivity index (χ3v) is 5.01. The van der Waals surface area contributed by atoms with E-state index in [1.165, 1.54) is 37.8 Å². The maximum absolute atomic E-state index is 10.9. The quantitative estimate of drug-likeness (QED) is 0.845. The van der Waals surface area contributed by atoms with Crippen molar-refractivity contribution in [2.45, 2.75) is 53.0 Å². The van der Waals surface area contributed by atoms with Crippen LogP contribution in [0.25, 0.3) is 0 Å². The van der Waals surface area contributed by atoms with Gasteiger partial charge in [0.25, 0.3) is 0 Å². The summed E-state index contributed by atoms with van der Waals surface area (Å²) in [5.41, 5.74) is 2.02. The molecule has 0 amide bonds. The zero-order valence-corrected chi connectivity index (χ0v) is 14.1. The molecule has 1 unspecified atom stereocenters. The van der Waals surface area contributed by atoms with Crippen molar-refractivity contribution in [1.82, 2.24) is 4.90 Å². The van der Waals surface area contributed by atoms with Gasteiger partial charge in [0.2, 0.25) is 0 Å². The van der Waals surface area contributed by atoms with Crippen molar-refractivity contribution >= 4 is 5.97 Å². The molecule has 1 heterocycles. The van der Waals surface area contributed by atoms with Crippen molar-refractivity contribution < 1.29 is 9.90 Å². The lowest BCUT2D eigenvalue weighted by Crippen LogP contribution is -2.36. The number of benzene rings is 1. The lowest BCUT2D eigenvalue weighted by Gasteiger charge is -2.36. The second-order valence-corrected chi connectivity index (χ2v) is 7.47. The van der Waals surface area contributed by atoms with E-state index in [2.05, 4.69) is 25.7 Å². The molecule has 1 saturated heterocycles. The summed E-state index contributed by atoms with van der Waals surface area (Å²) in [6.07, 6.45) is 5.16. The minimum absolute atomic E-state index is 0.366. The Morgan fingerprint density at radius 1 is 1.32 bits per heavy atom. The standard InChI is InChI=1S/C19H29NO2/c1-4-19(2,3)12-16-6-5-11-20(14-16)13-15-7-9-17(10-8-15)18(21)22/h7-10,16H,4-6,11-14H2,1-3H3,(H,21,22). The van der Waals surface area contributed by atoms with E-state index in [0.29, 0.717) is 11.0 Å². The van der Waals surface area contributed by atoms with Gasteiger partial charge in [-0.2, -0.15) is 0 Å². The minimum Gasteiger partial charge on any atom is -0.478 e. The molecule has 3 heteroatoms. The number of likely N-dealkylation sites (tertiary alicyclic amines) is 1. The van der Waals surface area contributed by atoms with Crippen molar-refractivity contribution in [3.8, 4) is 0 Å². The topological polar surface area (TPSA) is 40.5 Å². The average Bonchev–Trinajstić information content (AvgIpc) is 2.48. The Kier molecular flexibility index (Phi) is 5.63. The number of rotatable bonds is 6. The van der Waals surface area contributed by atoms with Crippen LogP contribution in [0.1, 0.15) is 62.4 Å². The largest absolute Gasteiger partial charge is 0.478 e. The molecule has 0 spiro atoms. The van der Waals surface area contributed by atoms with Crippen LogP contribution in [0.15, 0.2) is 24.3 Å². The molecule has 0 aliphatic carbocycles. The Labute approximate surface area is 134 Å². The smallest absolute Gasteiger partial charge is 0.335 e. The Morgan fingerprint density at radius 2 is 2.00 bits per heavy atom. The van der Waals surface area contributed by atoms with Gasteiger partial charge in [0, 0.05) is 13.1 Å². The van der Waals surface area contributed by atoms with Gasteiger partial charge in [-0.15, -0.1) is 0 Å². The first-order chi connectivity index (χ1) is 10.4. The van der Waals surface area contributed by atoms with Crippen LogP contribution in [-0.2, 0) is 6.54 Å². The summed E-state index contributed by atoms with van der Waals surface area (Å²) < 4.78 is 0. The van der Waals surface area contributed by atoms with Gasteiger partial charge in [-0.1, -0.05) is 39.3 Å². The fraction of sp³-hybridized carbons (Fsp3) is 0.632. The van der Waals surface area contributed by atoms with Crippen molar-refractivity contribution in [3.63, 3.8) is 0 Å². The highest BCUT2D eigenvalue weighted by Crippen LogP contribution is 2.33. The zero-order valence-electron chi connectivity index (χ0n) is 14.1. The molecule has 1 aromatic carbocycles. The van der Waals surface area contributed by atoms with E-state index in [1.54, 1.807) is 12.1 Å². The lowest BCUT2D eigenvalue weighted by atomic mass is 9.78. The first-order valence-electron chi connectivity index (χ1n) is 8.44. The molecule has 3 nitrogen and oxygen atoms in total. The minimum atomic E-state index is -0.855. The van der Waals surface area contributed by atoms with Gasteiger partial charge in [0.15, 0.2) is 0 Å². The second kappa shape index (κ2) is 7.28. The average molecular weight is 303 g/mol. The van der Waals surface area contributed by atoms with Crippen LogP contribution < -0.4 is 0 Å². The van der Waals surface area contributed by atoms with Gasteiger partial charge in [0.1, 0.15) is 0 Å². The molecular formula is C19H29NO2. The zero-order chi connectivity index (χ0) is 16.2. The molecule has 1 fully saturated rings. The molecule has 0 aromatic heterocycles. The van der Waals surface area contributed by atoms with Crippen LogP contribution in [0, 0.1) is 11.3 Å². The molecule has 0 bridgehead atoms. The number of carbonyl (C=O) groups is 1. The summed E-state index contributed by atoms with van der Waals surface area (Å²) in [6, 6.07) is 7.31. The van der Waals surface area contributed by atoms with E-state index >= 15 is 0 Å². The highest BCUT2D eigenvalue weighted by Gasteiger charge is 2.26. The molecule has 1 aliphatic heterocycles. The molecule has 1 atom stereocenters. The van der Waals surface area contributed by atoms with Crippen molar-refractivity contribution in [2.24, 2.45) is 11.3 Å². The molecular weight excluding hydrogens is 274 g/mol. The maximum atomic E-state index is 10.9. The van der Waals surface area contributed by atoms with Gasteiger partial charge in [-0.25, -0.2) is 4.79 Å². The van der Waals surface area contributed by atoms with E-state index in [-0.39, 0.29) is 0 Å². The van der Waals surface area contributed by atoms with Crippen LogP contribution in [0.4, 0.5) is 0 Å². The predicted octanol–water partition coefficient (Wildman–Crippen LogP) is 4.42. The summed E-state index contributed by atoms with van der Waals surface area (Å²) in [7, 11) is 0. The Hall–Kier alpha value is -1.35. The number of carboxylic acid groups (broad SMARTS) is 1. The SMILES string of the molecule is CCC(C)(C)CC1CCCN(Cc2ccc(C(=O)O)cc2)C1. The Balaban J connectivity index is 1.91. The van der Waals surface area contributed by atoms with E-state index in [4.69, 9.17) is 5.11 Å². The number of hydrogen-bond donors (Lipinski definition) is 1. The molecule has 1 aromatic rings. The molecule has 0 radical (unpaired) electrons. The fourth-order valence-electron chi connectivity index (χ4n) is 3.40. The summed E-state index contributed by atoms with van der Waals surface area (Å²) in [5, 5.41) is 8.95. The van der Waals surface area contributed by atoms with Crippen LogP contribution >= 0.6 is 0 Å². The molecule has 2 rings (SSSR count).